The van der Waals surface area contributed by atoms with E-state index in [1.165, 1.54) is 32.4 Å². The van der Waals surface area contributed by atoms with Gasteiger partial charge in [0.15, 0.2) is 5.78 Å². The van der Waals surface area contributed by atoms with Crippen molar-refractivity contribution in [3.63, 3.8) is 0 Å². The summed E-state index contributed by atoms with van der Waals surface area (Å²) in [5.74, 6) is -0.0916. The third-order valence-electron chi connectivity index (χ3n) is 3.85. The second-order valence-electron chi connectivity index (χ2n) is 6.84. The number of carbonyl (C=O) groups is 1. The fraction of sp³-hybridized carbons (Fsp3) is 0.412. The summed E-state index contributed by atoms with van der Waals surface area (Å²) in [7, 11) is -0.551. The van der Waals surface area contributed by atoms with Crippen LogP contribution in [0.2, 0.25) is 0 Å². The molecule has 0 amide bonds. The highest BCUT2D eigenvalue weighted by Crippen LogP contribution is 2.35. The molecule has 0 spiro atoms. The normalized spacial score (nSPS) is 18.6. The molecule has 1 aliphatic rings. The van der Waals surface area contributed by atoms with Crippen molar-refractivity contribution in [1.29, 1.82) is 0 Å². The summed E-state index contributed by atoms with van der Waals surface area (Å²) in [6.07, 6.45) is 2.14. The number of aliphatic hydroxyl groups is 1. The zero-order valence-corrected chi connectivity index (χ0v) is 15.1. The molecular weight excluding hydrogens is 328 g/mol. The van der Waals surface area contributed by atoms with E-state index in [1.807, 2.05) is 13.8 Å². The number of aliphatic hydroxyl groups excluding tert-OH is 1. The van der Waals surface area contributed by atoms with Gasteiger partial charge in [-0.15, -0.1) is 0 Å². The first-order valence-electron chi connectivity index (χ1n) is 7.55. The molecule has 0 bridgehead atoms. The van der Waals surface area contributed by atoms with E-state index in [0.717, 1.165) is 4.31 Å². The lowest BCUT2D eigenvalue weighted by atomic mass is 9.77. The maximum absolute atomic E-state index is 12.1. The molecule has 2 rings (SSSR count). The molecule has 0 aliphatic heterocycles. The third kappa shape index (κ3) is 3.91. The molecule has 6 nitrogen and oxygen atoms in total. The third-order valence-corrected chi connectivity index (χ3v) is 5.68. The molecule has 0 saturated heterocycles. The van der Waals surface area contributed by atoms with E-state index in [0.29, 0.717) is 18.5 Å². The Balaban J connectivity index is 2.23. The van der Waals surface area contributed by atoms with E-state index in [2.05, 4.69) is 4.99 Å². The van der Waals surface area contributed by atoms with Crippen molar-refractivity contribution < 1.29 is 18.3 Å². The molecule has 1 N–H and O–H groups in total. The Labute approximate surface area is 142 Å². The molecule has 1 aromatic carbocycles. The van der Waals surface area contributed by atoms with Gasteiger partial charge in [-0.3, -0.25) is 9.79 Å². The van der Waals surface area contributed by atoms with Crippen LogP contribution in [0.25, 0.3) is 0 Å². The Kier molecular flexibility index (Phi) is 4.96. The molecule has 7 heteroatoms. The minimum atomic E-state index is -3.48. The zero-order chi connectivity index (χ0) is 18.1. The summed E-state index contributed by atoms with van der Waals surface area (Å²) in [5, 5.41) is 10.0. The number of Topliss-reactive ketones (excluding diaryl/α,β-unsaturated/α-hetero) is 1. The Hall–Kier alpha value is -1.99. The maximum atomic E-state index is 12.1. The Morgan fingerprint density at radius 2 is 1.75 bits per heavy atom. The number of rotatable bonds is 4. The van der Waals surface area contributed by atoms with E-state index in [-0.39, 0.29) is 27.4 Å². The van der Waals surface area contributed by atoms with Crippen LogP contribution in [0, 0.1) is 5.41 Å². The van der Waals surface area contributed by atoms with E-state index in [1.54, 1.807) is 12.1 Å². The molecule has 0 unspecified atom stereocenters. The number of hydrogen-bond donors (Lipinski definition) is 1. The molecule has 24 heavy (non-hydrogen) atoms. The van der Waals surface area contributed by atoms with Gasteiger partial charge in [0.2, 0.25) is 10.0 Å². The van der Waals surface area contributed by atoms with E-state index in [9.17, 15) is 18.3 Å². The highest BCUT2D eigenvalue weighted by molar-refractivity contribution is 7.89. The summed E-state index contributed by atoms with van der Waals surface area (Å²) >= 11 is 0. The van der Waals surface area contributed by atoms with Gasteiger partial charge in [0.25, 0.3) is 0 Å². The van der Waals surface area contributed by atoms with Crippen LogP contribution in [0.1, 0.15) is 26.7 Å². The molecule has 0 radical (unpaired) electrons. The summed E-state index contributed by atoms with van der Waals surface area (Å²) in [5.41, 5.74) is 0.477. The second-order valence-corrected chi connectivity index (χ2v) is 8.99. The van der Waals surface area contributed by atoms with E-state index < -0.39 is 10.0 Å². The molecule has 0 fully saturated rings. The fourth-order valence-corrected chi connectivity index (χ4v) is 3.40. The van der Waals surface area contributed by atoms with Crippen LogP contribution in [0.4, 0.5) is 5.69 Å². The SMILES string of the molecule is CN(C)S(=O)(=O)c1ccc(N=CC2=C(O)CC(C)(C)CC2=O)cc1. The number of allylic oxidation sites excluding steroid dienone is 2. The molecule has 130 valence electrons. The summed E-state index contributed by atoms with van der Waals surface area (Å²) in [4.78, 5) is 16.5. The van der Waals surface area contributed by atoms with Gasteiger partial charge >= 0.3 is 0 Å². The van der Waals surface area contributed by atoms with Crippen LogP contribution in [0.15, 0.2) is 45.5 Å². The number of benzene rings is 1. The van der Waals surface area contributed by atoms with Gasteiger partial charge < -0.3 is 5.11 Å². The molecule has 1 aliphatic carbocycles. The average molecular weight is 350 g/mol. The molecule has 0 heterocycles. The molecule has 1 aromatic rings. The van der Waals surface area contributed by atoms with Gasteiger partial charge in [0.1, 0.15) is 5.76 Å². The topological polar surface area (TPSA) is 87.0 Å². The van der Waals surface area contributed by atoms with Crippen molar-refractivity contribution in [2.24, 2.45) is 10.4 Å². The minimum Gasteiger partial charge on any atom is -0.511 e. The van der Waals surface area contributed by atoms with Crippen molar-refractivity contribution in [1.82, 2.24) is 4.31 Å². The average Bonchev–Trinajstić information content (AvgIpc) is 2.45. The lowest BCUT2D eigenvalue weighted by Gasteiger charge is -2.28. The lowest BCUT2D eigenvalue weighted by molar-refractivity contribution is -0.117. The lowest BCUT2D eigenvalue weighted by Crippen LogP contribution is -2.26. The predicted molar refractivity (Wildman–Crippen MR) is 93.1 cm³/mol. The summed E-state index contributed by atoms with van der Waals surface area (Å²) < 4.78 is 25.1. The van der Waals surface area contributed by atoms with Crippen molar-refractivity contribution in [3.8, 4) is 0 Å². The van der Waals surface area contributed by atoms with Crippen LogP contribution in [-0.2, 0) is 14.8 Å². The van der Waals surface area contributed by atoms with Crippen LogP contribution in [0.5, 0.6) is 0 Å². The van der Waals surface area contributed by atoms with Gasteiger partial charge in [-0.2, -0.15) is 0 Å². The first-order valence-corrected chi connectivity index (χ1v) is 8.99. The van der Waals surface area contributed by atoms with Crippen molar-refractivity contribution in [2.45, 2.75) is 31.6 Å². The van der Waals surface area contributed by atoms with Gasteiger partial charge in [-0.1, -0.05) is 13.8 Å². The summed E-state index contributed by atoms with van der Waals surface area (Å²) in [6.45, 7) is 3.86. The van der Waals surface area contributed by atoms with Crippen molar-refractivity contribution >= 4 is 27.7 Å². The fourth-order valence-electron chi connectivity index (χ4n) is 2.50. The molecule has 0 atom stereocenters. The number of hydrogen-bond acceptors (Lipinski definition) is 5. The monoisotopic (exact) mass is 350 g/mol. The minimum absolute atomic E-state index is 0.0480. The van der Waals surface area contributed by atoms with Gasteiger partial charge in [0.05, 0.1) is 16.2 Å². The van der Waals surface area contributed by atoms with Crippen LogP contribution in [0.3, 0.4) is 0 Å². The van der Waals surface area contributed by atoms with Crippen LogP contribution >= 0.6 is 0 Å². The number of sulfonamides is 1. The number of ketones is 1. The van der Waals surface area contributed by atoms with E-state index in [4.69, 9.17) is 0 Å². The first kappa shape index (κ1) is 18.4. The highest BCUT2D eigenvalue weighted by Gasteiger charge is 2.32. The maximum Gasteiger partial charge on any atom is 0.242 e. The van der Waals surface area contributed by atoms with Crippen molar-refractivity contribution in [2.75, 3.05) is 14.1 Å². The van der Waals surface area contributed by atoms with Gasteiger partial charge in [0, 0.05) is 33.2 Å². The quantitative estimate of drug-likeness (QED) is 0.846. The molecular formula is C17H22N2O4S. The largest absolute Gasteiger partial charge is 0.511 e. The Morgan fingerprint density at radius 1 is 1.17 bits per heavy atom. The smallest absolute Gasteiger partial charge is 0.242 e. The van der Waals surface area contributed by atoms with Gasteiger partial charge in [-0.05, 0) is 29.7 Å². The number of carbonyl (C=O) groups excluding carboxylic acids is 1. The standard InChI is InChI=1S/C17H22N2O4S/c1-17(2)9-15(20)14(16(21)10-17)11-18-12-5-7-13(8-6-12)24(22,23)19(3)4/h5-8,11,20H,9-10H2,1-4H3. The number of nitrogens with zero attached hydrogens (tertiary/aromatic N) is 2. The van der Waals surface area contributed by atoms with Crippen LogP contribution in [-0.4, -0.2) is 43.9 Å². The second kappa shape index (κ2) is 6.49. The van der Waals surface area contributed by atoms with E-state index >= 15 is 0 Å². The summed E-state index contributed by atoms with van der Waals surface area (Å²) in [6, 6.07) is 6.04. The van der Waals surface area contributed by atoms with Crippen molar-refractivity contribution in [3.05, 3.63) is 35.6 Å². The highest BCUT2D eigenvalue weighted by atomic mass is 32.2. The number of aliphatic imine (C=N–C) groups is 1. The molecule has 0 saturated carbocycles. The predicted octanol–water partition coefficient (Wildman–Crippen LogP) is 2.84. The zero-order valence-electron chi connectivity index (χ0n) is 14.3. The van der Waals surface area contributed by atoms with Crippen LogP contribution < -0.4 is 0 Å². The first-order chi connectivity index (χ1) is 11.0. The Morgan fingerprint density at radius 3 is 2.25 bits per heavy atom. The molecule has 0 aromatic heterocycles. The Bertz CT molecular complexity index is 803. The van der Waals surface area contributed by atoms with Gasteiger partial charge in [-0.25, -0.2) is 12.7 Å².